The minimum atomic E-state index is -1.05. The van der Waals surface area contributed by atoms with Crippen LogP contribution in [0, 0.1) is 0 Å². The van der Waals surface area contributed by atoms with Crippen molar-refractivity contribution in [2.45, 2.75) is 18.9 Å². The van der Waals surface area contributed by atoms with Crippen LogP contribution in [0.3, 0.4) is 0 Å². The maximum absolute atomic E-state index is 10.5. The first kappa shape index (κ1) is 13.2. The van der Waals surface area contributed by atoms with Crippen LogP contribution >= 0.6 is 0 Å². The summed E-state index contributed by atoms with van der Waals surface area (Å²) in [5.41, 5.74) is -0.224. The van der Waals surface area contributed by atoms with Crippen LogP contribution in [0.1, 0.15) is 18.9 Å². The molecule has 1 N–H and O–H groups in total. The second kappa shape index (κ2) is 6.63. The standard InChI is InChI=1S/C13H20O3/c1-3-9-16-11-13(14,10-15-2)12-7-5-4-6-8-12/h4-8,14H,3,9-11H2,1-2H3. The lowest BCUT2D eigenvalue weighted by atomic mass is 9.96. The number of hydrogen-bond acceptors (Lipinski definition) is 3. The van der Waals surface area contributed by atoms with Gasteiger partial charge in [-0.2, -0.15) is 0 Å². The first-order chi connectivity index (χ1) is 7.73. The van der Waals surface area contributed by atoms with Crippen molar-refractivity contribution in [3.63, 3.8) is 0 Å². The van der Waals surface area contributed by atoms with Gasteiger partial charge in [-0.25, -0.2) is 0 Å². The Bertz CT molecular complexity index is 286. The summed E-state index contributed by atoms with van der Waals surface area (Å²) in [4.78, 5) is 0. The molecule has 0 aliphatic carbocycles. The van der Waals surface area contributed by atoms with E-state index in [9.17, 15) is 5.11 Å². The molecule has 1 aromatic rings. The highest BCUT2D eigenvalue weighted by Crippen LogP contribution is 2.21. The van der Waals surface area contributed by atoms with Crippen LogP contribution in [-0.2, 0) is 15.1 Å². The Kier molecular flexibility index (Phi) is 5.46. The molecule has 0 saturated carbocycles. The normalized spacial score (nSPS) is 14.7. The fraction of sp³-hybridized carbons (Fsp3) is 0.538. The molecule has 0 aliphatic heterocycles. The fourth-order valence-corrected chi connectivity index (χ4v) is 1.58. The molecular formula is C13H20O3. The molecule has 90 valence electrons. The van der Waals surface area contributed by atoms with Crippen LogP contribution < -0.4 is 0 Å². The fourth-order valence-electron chi connectivity index (χ4n) is 1.58. The molecule has 0 amide bonds. The van der Waals surface area contributed by atoms with E-state index >= 15 is 0 Å². The maximum Gasteiger partial charge on any atom is 0.136 e. The smallest absolute Gasteiger partial charge is 0.136 e. The molecule has 0 heterocycles. The molecule has 0 fully saturated rings. The average Bonchev–Trinajstić information content (AvgIpc) is 2.31. The van der Waals surface area contributed by atoms with Gasteiger partial charge in [0.2, 0.25) is 0 Å². The number of benzene rings is 1. The van der Waals surface area contributed by atoms with E-state index in [1.807, 2.05) is 37.3 Å². The Morgan fingerprint density at radius 1 is 1.19 bits per heavy atom. The topological polar surface area (TPSA) is 38.7 Å². The Hall–Kier alpha value is -0.900. The van der Waals surface area contributed by atoms with E-state index < -0.39 is 5.60 Å². The second-order valence-corrected chi connectivity index (χ2v) is 3.88. The molecule has 1 atom stereocenters. The molecule has 0 bridgehead atoms. The van der Waals surface area contributed by atoms with Gasteiger partial charge >= 0.3 is 0 Å². The Balaban J connectivity index is 2.71. The molecule has 3 heteroatoms. The summed E-state index contributed by atoms with van der Waals surface area (Å²) in [6.07, 6.45) is 0.942. The molecule has 0 aromatic heterocycles. The number of hydrogen-bond donors (Lipinski definition) is 1. The predicted octanol–water partition coefficient (Wildman–Crippen LogP) is 1.95. The lowest BCUT2D eigenvalue weighted by Crippen LogP contribution is -2.36. The number of rotatable bonds is 7. The molecule has 3 nitrogen and oxygen atoms in total. The molecule has 1 aromatic carbocycles. The summed E-state index contributed by atoms with van der Waals surface area (Å²) < 4.78 is 10.5. The van der Waals surface area contributed by atoms with Crippen LogP contribution in [0.5, 0.6) is 0 Å². The molecule has 0 spiro atoms. The zero-order chi connectivity index (χ0) is 11.9. The Labute approximate surface area is 97.0 Å². The average molecular weight is 224 g/mol. The summed E-state index contributed by atoms with van der Waals surface area (Å²) >= 11 is 0. The van der Waals surface area contributed by atoms with Crippen LogP contribution in [0.2, 0.25) is 0 Å². The molecule has 1 rings (SSSR count). The SMILES string of the molecule is CCCOCC(O)(COC)c1ccccc1. The number of aliphatic hydroxyl groups is 1. The monoisotopic (exact) mass is 224 g/mol. The van der Waals surface area contributed by atoms with Gasteiger partial charge in [-0.15, -0.1) is 0 Å². The first-order valence-electron chi connectivity index (χ1n) is 5.57. The summed E-state index contributed by atoms with van der Waals surface area (Å²) in [7, 11) is 1.58. The molecule has 0 radical (unpaired) electrons. The third-order valence-corrected chi connectivity index (χ3v) is 2.38. The third-order valence-electron chi connectivity index (χ3n) is 2.38. The van der Waals surface area contributed by atoms with E-state index in [0.717, 1.165) is 12.0 Å². The van der Waals surface area contributed by atoms with Crippen molar-refractivity contribution in [2.75, 3.05) is 26.9 Å². The van der Waals surface area contributed by atoms with E-state index in [2.05, 4.69) is 0 Å². The maximum atomic E-state index is 10.5. The molecular weight excluding hydrogens is 204 g/mol. The zero-order valence-corrected chi connectivity index (χ0v) is 9.98. The van der Waals surface area contributed by atoms with Crippen molar-refractivity contribution in [1.29, 1.82) is 0 Å². The second-order valence-electron chi connectivity index (χ2n) is 3.88. The van der Waals surface area contributed by atoms with Crippen LogP contribution in [0.25, 0.3) is 0 Å². The van der Waals surface area contributed by atoms with Crippen LogP contribution in [0.4, 0.5) is 0 Å². The van der Waals surface area contributed by atoms with Crippen molar-refractivity contribution in [3.05, 3.63) is 35.9 Å². The molecule has 0 aliphatic rings. The van der Waals surface area contributed by atoms with E-state index in [-0.39, 0.29) is 13.2 Å². The molecule has 0 saturated heterocycles. The quantitative estimate of drug-likeness (QED) is 0.719. The Morgan fingerprint density at radius 2 is 1.88 bits per heavy atom. The van der Waals surface area contributed by atoms with Gasteiger partial charge in [0.1, 0.15) is 5.60 Å². The van der Waals surface area contributed by atoms with E-state index in [1.54, 1.807) is 7.11 Å². The van der Waals surface area contributed by atoms with Crippen molar-refractivity contribution >= 4 is 0 Å². The minimum absolute atomic E-state index is 0.237. The summed E-state index contributed by atoms with van der Waals surface area (Å²) in [5, 5.41) is 10.5. The lowest BCUT2D eigenvalue weighted by molar-refractivity contribution is -0.0921. The first-order valence-corrected chi connectivity index (χ1v) is 5.57. The molecule has 16 heavy (non-hydrogen) atoms. The van der Waals surface area contributed by atoms with Gasteiger partial charge in [0, 0.05) is 13.7 Å². The number of ether oxygens (including phenoxy) is 2. The van der Waals surface area contributed by atoms with Gasteiger partial charge in [0.05, 0.1) is 13.2 Å². The van der Waals surface area contributed by atoms with E-state index in [0.29, 0.717) is 6.61 Å². The summed E-state index contributed by atoms with van der Waals surface area (Å²) in [6.45, 7) is 3.19. The van der Waals surface area contributed by atoms with Gasteiger partial charge in [-0.05, 0) is 12.0 Å². The van der Waals surface area contributed by atoms with Crippen molar-refractivity contribution in [1.82, 2.24) is 0 Å². The minimum Gasteiger partial charge on any atom is -0.381 e. The van der Waals surface area contributed by atoms with Crippen LogP contribution in [-0.4, -0.2) is 32.0 Å². The number of methoxy groups -OCH3 is 1. The van der Waals surface area contributed by atoms with Gasteiger partial charge in [-0.3, -0.25) is 0 Å². The highest BCUT2D eigenvalue weighted by Gasteiger charge is 2.29. The highest BCUT2D eigenvalue weighted by molar-refractivity contribution is 5.22. The zero-order valence-electron chi connectivity index (χ0n) is 9.98. The Morgan fingerprint density at radius 3 is 2.44 bits per heavy atom. The van der Waals surface area contributed by atoms with Crippen molar-refractivity contribution < 1.29 is 14.6 Å². The van der Waals surface area contributed by atoms with Crippen molar-refractivity contribution in [2.24, 2.45) is 0 Å². The van der Waals surface area contributed by atoms with E-state index in [1.165, 1.54) is 0 Å². The molecule has 1 unspecified atom stereocenters. The predicted molar refractivity (Wildman–Crippen MR) is 63.3 cm³/mol. The third kappa shape index (κ3) is 3.59. The van der Waals surface area contributed by atoms with Gasteiger partial charge in [-0.1, -0.05) is 37.3 Å². The van der Waals surface area contributed by atoms with Gasteiger partial charge in [0.25, 0.3) is 0 Å². The van der Waals surface area contributed by atoms with Gasteiger partial charge in [0.15, 0.2) is 0 Å². The summed E-state index contributed by atoms with van der Waals surface area (Å²) in [5.74, 6) is 0. The largest absolute Gasteiger partial charge is 0.381 e. The summed E-state index contributed by atoms with van der Waals surface area (Å²) in [6, 6.07) is 9.48. The van der Waals surface area contributed by atoms with Crippen molar-refractivity contribution in [3.8, 4) is 0 Å². The highest BCUT2D eigenvalue weighted by atomic mass is 16.5. The van der Waals surface area contributed by atoms with E-state index in [4.69, 9.17) is 9.47 Å². The van der Waals surface area contributed by atoms with Gasteiger partial charge < -0.3 is 14.6 Å². The lowest BCUT2D eigenvalue weighted by Gasteiger charge is -2.27. The van der Waals surface area contributed by atoms with Crippen LogP contribution in [0.15, 0.2) is 30.3 Å².